The molecule has 1 aliphatic carbocycles. The third-order valence-corrected chi connectivity index (χ3v) is 4.70. The number of halogens is 1. The van der Waals surface area contributed by atoms with Crippen molar-refractivity contribution in [2.45, 2.75) is 45.1 Å². The molecule has 1 rings (SSSR count). The molecule has 17 heavy (non-hydrogen) atoms. The lowest BCUT2D eigenvalue weighted by molar-refractivity contribution is -0.127. The highest BCUT2D eigenvalue weighted by Crippen LogP contribution is 2.41. The first-order chi connectivity index (χ1) is 7.79. The van der Waals surface area contributed by atoms with Gasteiger partial charge in [-0.05, 0) is 23.7 Å². The fraction of sp³-hybridized carbons (Fsp3) is 0.909. The van der Waals surface area contributed by atoms with Gasteiger partial charge < -0.3 is 0 Å². The Labute approximate surface area is 117 Å². The minimum Gasteiger partial charge on any atom is -0.299 e. The molecule has 0 spiro atoms. The summed E-state index contributed by atoms with van der Waals surface area (Å²) < 4.78 is 28.5. The summed E-state index contributed by atoms with van der Waals surface area (Å²) in [6, 6.07) is 0. The van der Waals surface area contributed by atoms with Crippen LogP contribution in [0.5, 0.6) is 0 Å². The van der Waals surface area contributed by atoms with Crippen LogP contribution in [0.4, 0.5) is 0 Å². The van der Waals surface area contributed by atoms with E-state index in [9.17, 15) is 13.2 Å². The summed E-state index contributed by atoms with van der Waals surface area (Å²) in [6.07, 6.45) is 4.23. The van der Waals surface area contributed by atoms with Gasteiger partial charge in [-0.1, -0.05) is 35.9 Å². The largest absolute Gasteiger partial charge is 0.299 e. The average molecular weight is 374 g/mol. The molecule has 0 aromatic carbocycles. The number of rotatable bonds is 6. The molecule has 100 valence electrons. The Morgan fingerprint density at radius 1 is 1.47 bits per heavy atom. The van der Waals surface area contributed by atoms with Crippen LogP contribution in [0, 0.1) is 5.41 Å². The number of alkyl halides is 1. The number of ketones is 1. The van der Waals surface area contributed by atoms with Crippen molar-refractivity contribution in [3.8, 4) is 0 Å². The van der Waals surface area contributed by atoms with Gasteiger partial charge >= 0.3 is 0 Å². The topological polar surface area (TPSA) is 60.4 Å². The maximum atomic E-state index is 11.9. The van der Waals surface area contributed by atoms with Crippen LogP contribution in [-0.4, -0.2) is 31.0 Å². The monoisotopic (exact) mass is 374 g/mol. The Bertz CT molecular complexity index is 379. The molecule has 2 atom stereocenters. The van der Waals surface area contributed by atoms with E-state index >= 15 is 0 Å². The van der Waals surface area contributed by atoms with Crippen molar-refractivity contribution in [3.63, 3.8) is 0 Å². The number of unbranched alkanes of at least 4 members (excludes halogenated alkanes) is 1. The van der Waals surface area contributed by atoms with E-state index in [1.807, 2.05) is 6.92 Å². The second kappa shape index (κ2) is 5.97. The van der Waals surface area contributed by atoms with Gasteiger partial charge in [0, 0.05) is 6.42 Å². The molecule has 0 radical (unpaired) electrons. The Balaban J connectivity index is 2.72. The van der Waals surface area contributed by atoms with E-state index in [1.165, 1.54) is 0 Å². The minimum absolute atomic E-state index is 0.139. The lowest BCUT2D eigenvalue weighted by Gasteiger charge is -2.28. The van der Waals surface area contributed by atoms with Gasteiger partial charge in [-0.15, -0.1) is 0 Å². The van der Waals surface area contributed by atoms with E-state index < -0.39 is 21.6 Å². The maximum Gasteiger partial charge on any atom is 0.264 e. The number of carbonyl (C=O) groups is 1. The van der Waals surface area contributed by atoms with Crippen LogP contribution in [0.15, 0.2) is 0 Å². The van der Waals surface area contributed by atoms with Gasteiger partial charge in [0.25, 0.3) is 10.1 Å². The number of hydrogen-bond acceptors (Lipinski definition) is 4. The predicted octanol–water partition coefficient (Wildman–Crippen LogP) is 2.31. The molecule has 4 nitrogen and oxygen atoms in total. The third-order valence-electron chi connectivity index (χ3n) is 3.35. The summed E-state index contributed by atoms with van der Waals surface area (Å²) in [5.74, 6) is 0.139. The van der Waals surface area contributed by atoms with Crippen molar-refractivity contribution in [2.75, 3.05) is 10.7 Å². The van der Waals surface area contributed by atoms with Crippen LogP contribution in [-0.2, 0) is 19.1 Å². The Hall–Kier alpha value is 0.310. The van der Waals surface area contributed by atoms with Gasteiger partial charge in [0.05, 0.1) is 17.8 Å². The van der Waals surface area contributed by atoms with Crippen LogP contribution in [0.2, 0.25) is 0 Å². The molecule has 1 aliphatic rings. The number of Topliss-reactive ketones (excluding diaryl/α,β-unsaturated/α-hetero) is 1. The first kappa shape index (κ1) is 15.4. The standard InChI is InChI=1S/C11H19IO4S/c1-11(7-3-4-8-12)9(13)5-6-10(11)16-17(2,14)15/h10H,3-8H2,1-2H3/t10-,11+/m0/s1. The molecule has 0 saturated heterocycles. The summed E-state index contributed by atoms with van der Waals surface area (Å²) in [4.78, 5) is 11.9. The Morgan fingerprint density at radius 3 is 2.65 bits per heavy atom. The summed E-state index contributed by atoms with van der Waals surface area (Å²) in [5, 5.41) is 0. The maximum absolute atomic E-state index is 11.9. The van der Waals surface area contributed by atoms with Crippen LogP contribution in [0.25, 0.3) is 0 Å². The van der Waals surface area contributed by atoms with Crippen LogP contribution < -0.4 is 0 Å². The van der Waals surface area contributed by atoms with E-state index in [0.29, 0.717) is 12.8 Å². The highest BCUT2D eigenvalue weighted by Gasteiger charge is 2.47. The molecule has 0 aromatic rings. The zero-order valence-corrected chi connectivity index (χ0v) is 13.2. The third kappa shape index (κ3) is 4.17. The second-order valence-electron chi connectivity index (χ2n) is 4.81. The summed E-state index contributed by atoms with van der Waals surface area (Å²) in [7, 11) is -3.49. The average Bonchev–Trinajstić information content (AvgIpc) is 2.45. The number of hydrogen-bond donors (Lipinski definition) is 0. The molecule has 1 fully saturated rings. The van der Waals surface area contributed by atoms with Gasteiger partial charge in [-0.3, -0.25) is 8.98 Å². The lowest BCUT2D eigenvalue weighted by Crippen LogP contribution is -2.36. The summed E-state index contributed by atoms with van der Waals surface area (Å²) >= 11 is 2.30. The van der Waals surface area contributed by atoms with Crippen molar-refractivity contribution in [2.24, 2.45) is 5.41 Å². The van der Waals surface area contributed by atoms with Crippen molar-refractivity contribution >= 4 is 38.5 Å². The minimum atomic E-state index is -3.49. The zero-order valence-electron chi connectivity index (χ0n) is 10.2. The SMILES string of the molecule is C[C@@]1(CCCCI)C(=O)CC[C@@H]1OS(C)(=O)=O. The highest BCUT2D eigenvalue weighted by atomic mass is 127. The van der Waals surface area contributed by atoms with Gasteiger partial charge in [0.15, 0.2) is 0 Å². The zero-order chi connectivity index (χ0) is 13.1. The first-order valence-corrected chi connectivity index (χ1v) is 9.11. The summed E-state index contributed by atoms with van der Waals surface area (Å²) in [5.41, 5.74) is -0.616. The second-order valence-corrected chi connectivity index (χ2v) is 7.49. The smallest absolute Gasteiger partial charge is 0.264 e. The highest BCUT2D eigenvalue weighted by molar-refractivity contribution is 14.1. The first-order valence-electron chi connectivity index (χ1n) is 5.77. The van der Waals surface area contributed by atoms with E-state index in [4.69, 9.17) is 4.18 Å². The Morgan fingerprint density at radius 2 is 2.12 bits per heavy atom. The molecular formula is C11H19IO4S. The quantitative estimate of drug-likeness (QED) is 0.310. The molecule has 0 heterocycles. The molecule has 0 aromatic heterocycles. The van der Waals surface area contributed by atoms with Crippen molar-refractivity contribution in [1.82, 2.24) is 0 Å². The molecule has 0 aliphatic heterocycles. The van der Waals surface area contributed by atoms with Crippen LogP contribution in [0.3, 0.4) is 0 Å². The van der Waals surface area contributed by atoms with Crippen molar-refractivity contribution < 1.29 is 17.4 Å². The van der Waals surface area contributed by atoms with Gasteiger partial charge in [0.2, 0.25) is 0 Å². The van der Waals surface area contributed by atoms with E-state index in [1.54, 1.807) is 0 Å². The molecule has 0 N–H and O–H groups in total. The Kier molecular flexibility index (Phi) is 5.39. The molecule has 0 bridgehead atoms. The predicted molar refractivity (Wildman–Crippen MR) is 74.8 cm³/mol. The lowest BCUT2D eigenvalue weighted by atomic mass is 9.80. The molecular weight excluding hydrogens is 355 g/mol. The molecule has 1 saturated carbocycles. The van der Waals surface area contributed by atoms with E-state index in [-0.39, 0.29) is 5.78 Å². The van der Waals surface area contributed by atoms with Gasteiger partial charge in [0.1, 0.15) is 5.78 Å². The van der Waals surface area contributed by atoms with Crippen LogP contribution in [0.1, 0.15) is 39.0 Å². The van der Waals surface area contributed by atoms with Gasteiger partial charge in [-0.25, -0.2) is 0 Å². The molecule has 0 unspecified atom stereocenters. The normalized spacial score (nSPS) is 29.8. The van der Waals surface area contributed by atoms with Crippen LogP contribution >= 0.6 is 22.6 Å². The fourth-order valence-corrected chi connectivity index (χ4v) is 3.57. The van der Waals surface area contributed by atoms with E-state index in [0.717, 1.165) is 29.9 Å². The van der Waals surface area contributed by atoms with E-state index in [2.05, 4.69) is 22.6 Å². The van der Waals surface area contributed by atoms with Gasteiger partial charge in [-0.2, -0.15) is 8.42 Å². The van der Waals surface area contributed by atoms with Crippen molar-refractivity contribution in [3.05, 3.63) is 0 Å². The van der Waals surface area contributed by atoms with Crippen molar-refractivity contribution in [1.29, 1.82) is 0 Å². The summed E-state index contributed by atoms with van der Waals surface area (Å²) in [6.45, 7) is 1.84. The molecule has 0 amide bonds. The number of carbonyl (C=O) groups excluding carboxylic acids is 1. The fourth-order valence-electron chi connectivity index (χ4n) is 2.30. The molecule has 6 heteroatoms.